The molecule has 1 aromatic carbocycles. The average Bonchev–Trinajstić information content (AvgIpc) is 2.95. The highest BCUT2D eigenvalue weighted by atomic mass is 79.9. The minimum absolute atomic E-state index is 0.336. The summed E-state index contributed by atoms with van der Waals surface area (Å²) in [4.78, 5) is 16.7. The van der Waals surface area contributed by atoms with Gasteiger partial charge in [0, 0.05) is 0 Å². The van der Waals surface area contributed by atoms with Gasteiger partial charge < -0.3 is 15.2 Å². The molecule has 0 saturated carbocycles. The lowest BCUT2D eigenvalue weighted by Gasteiger charge is -2.10. The molecule has 0 aliphatic heterocycles. The summed E-state index contributed by atoms with van der Waals surface area (Å²) in [6.07, 6.45) is 2.14. The molecule has 0 atom stereocenters. The molecular weight excluding hydrogens is 396 g/mol. The highest BCUT2D eigenvalue weighted by molar-refractivity contribution is 9.10. The summed E-state index contributed by atoms with van der Waals surface area (Å²) in [6.45, 7) is 1.91. The van der Waals surface area contributed by atoms with E-state index in [1.807, 2.05) is 6.92 Å². The lowest BCUT2D eigenvalue weighted by molar-refractivity contribution is 0.0958. The molecule has 0 fully saturated rings. The topological polar surface area (TPSA) is 98.8 Å². The smallest absolute Gasteiger partial charge is 0.283 e. The summed E-state index contributed by atoms with van der Waals surface area (Å²) >= 11 is 4.55. The number of nitrogen functional groups attached to an aromatic ring is 1. The number of hydrogen-bond donors (Lipinski definition) is 2. The van der Waals surface area contributed by atoms with Crippen molar-refractivity contribution in [3.63, 3.8) is 0 Å². The number of aromatic nitrogens is 1. The highest BCUT2D eigenvalue weighted by Gasteiger charge is 2.15. The number of thiazole rings is 1. The largest absolute Gasteiger partial charge is 0.493 e. The van der Waals surface area contributed by atoms with Crippen molar-refractivity contribution in [2.75, 3.05) is 20.0 Å². The molecular formula is C15H17BrN4O3S. The van der Waals surface area contributed by atoms with Crippen LogP contribution in [0, 0.1) is 0 Å². The van der Waals surface area contributed by atoms with Crippen LogP contribution in [0.15, 0.2) is 21.7 Å². The Kier molecular flexibility index (Phi) is 6.16. The molecule has 0 aliphatic rings. The third kappa shape index (κ3) is 4.04. The Labute approximate surface area is 152 Å². The Morgan fingerprint density at radius 3 is 2.83 bits per heavy atom. The summed E-state index contributed by atoms with van der Waals surface area (Å²) in [5.74, 6) is 0.811. The number of ether oxygens (including phenoxy) is 2. The second-order valence-electron chi connectivity index (χ2n) is 4.62. The zero-order valence-corrected chi connectivity index (χ0v) is 15.8. The van der Waals surface area contributed by atoms with Crippen LogP contribution in [-0.4, -0.2) is 31.3 Å². The molecule has 7 nitrogen and oxygen atoms in total. The van der Waals surface area contributed by atoms with E-state index in [4.69, 9.17) is 15.2 Å². The number of methoxy groups -OCH3 is 2. The van der Waals surface area contributed by atoms with Crippen molar-refractivity contribution in [3.05, 3.63) is 32.7 Å². The molecule has 2 rings (SSSR count). The Balaban J connectivity index is 2.14. The number of hydrogen-bond acceptors (Lipinski definition) is 7. The van der Waals surface area contributed by atoms with Crippen LogP contribution in [0.4, 0.5) is 5.13 Å². The molecule has 3 N–H and O–H groups in total. The van der Waals surface area contributed by atoms with E-state index < -0.39 is 0 Å². The molecule has 0 saturated heterocycles. The van der Waals surface area contributed by atoms with E-state index in [0.717, 1.165) is 21.4 Å². The summed E-state index contributed by atoms with van der Waals surface area (Å²) in [5, 5.41) is 4.34. The van der Waals surface area contributed by atoms with E-state index in [1.165, 1.54) is 6.21 Å². The number of rotatable bonds is 6. The van der Waals surface area contributed by atoms with Crippen LogP contribution in [0.25, 0.3) is 0 Å². The third-order valence-electron chi connectivity index (χ3n) is 3.09. The van der Waals surface area contributed by atoms with Gasteiger partial charge in [0.25, 0.3) is 5.91 Å². The van der Waals surface area contributed by atoms with E-state index in [-0.39, 0.29) is 5.91 Å². The molecule has 0 bridgehead atoms. The number of benzene rings is 1. The van der Waals surface area contributed by atoms with Crippen LogP contribution >= 0.6 is 27.3 Å². The van der Waals surface area contributed by atoms with Crippen LogP contribution in [0.2, 0.25) is 0 Å². The van der Waals surface area contributed by atoms with Gasteiger partial charge >= 0.3 is 0 Å². The van der Waals surface area contributed by atoms with E-state index >= 15 is 0 Å². The first kappa shape index (κ1) is 18.2. The number of nitrogens with one attached hydrogen (secondary N) is 1. The predicted octanol–water partition coefficient (Wildman–Crippen LogP) is 2.83. The first-order chi connectivity index (χ1) is 11.5. The standard InChI is InChI=1S/C15H17BrN4O3S/c1-4-10-13(24-15(17)19-10)14(21)20-18-7-8-5-9(16)12(23-3)11(6-8)22-2/h5-7H,4H2,1-3H3,(H2,17,19)(H,20,21). The number of hydrazone groups is 1. The molecule has 0 aliphatic carbocycles. The SMILES string of the molecule is CCc1nc(N)sc1C(=O)NN=Cc1cc(Br)c(OC)c(OC)c1. The fourth-order valence-corrected chi connectivity index (χ4v) is 3.45. The molecule has 1 amide bonds. The summed E-state index contributed by atoms with van der Waals surface area (Å²) in [7, 11) is 3.11. The fraction of sp³-hybridized carbons (Fsp3) is 0.267. The van der Waals surface area contributed by atoms with Crippen LogP contribution in [-0.2, 0) is 6.42 Å². The van der Waals surface area contributed by atoms with Gasteiger partial charge in [0.05, 0.1) is 30.6 Å². The maximum absolute atomic E-state index is 12.2. The third-order valence-corrected chi connectivity index (χ3v) is 4.61. The summed E-state index contributed by atoms with van der Waals surface area (Å²) in [5.41, 5.74) is 9.53. The second-order valence-corrected chi connectivity index (χ2v) is 6.50. The van der Waals surface area contributed by atoms with E-state index in [2.05, 4.69) is 31.4 Å². The number of halogens is 1. The average molecular weight is 413 g/mol. The lowest BCUT2D eigenvalue weighted by Crippen LogP contribution is -2.17. The quantitative estimate of drug-likeness (QED) is 0.561. The zero-order valence-electron chi connectivity index (χ0n) is 13.4. The normalized spacial score (nSPS) is 10.8. The van der Waals surface area contributed by atoms with E-state index in [9.17, 15) is 4.79 Å². The van der Waals surface area contributed by atoms with Crippen molar-refractivity contribution in [1.29, 1.82) is 0 Å². The molecule has 0 unspecified atom stereocenters. The van der Waals surface area contributed by atoms with Crippen molar-refractivity contribution >= 4 is 44.5 Å². The van der Waals surface area contributed by atoms with Gasteiger partial charge in [-0.1, -0.05) is 18.3 Å². The lowest BCUT2D eigenvalue weighted by atomic mass is 10.2. The highest BCUT2D eigenvalue weighted by Crippen LogP contribution is 2.35. The van der Waals surface area contributed by atoms with Crippen molar-refractivity contribution in [2.45, 2.75) is 13.3 Å². The summed E-state index contributed by atoms with van der Waals surface area (Å²) < 4.78 is 11.2. The van der Waals surface area contributed by atoms with Gasteiger partial charge in [0.15, 0.2) is 16.6 Å². The van der Waals surface area contributed by atoms with Gasteiger partial charge in [-0.3, -0.25) is 4.79 Å². The van der Waals surface area contributed by atoms with Crippen molar-refractivity contribution < 1.29 is 14.3 Å². The number of anilines is 1. The molecule has 1 aromatic heterocycles. The molecule has 1 heterocycles. The van der Waals surface area contributed by atoms with Gasteiger partial charge in [-0.15, -0.1) is 0 Å². The van der Waals surface area contributed by atoms with Crippen molar-refractivity contribution in [2.24, 2.45) is 5.10 Å². The monoisotopic (exact) mass is 412 g/mol. The fourth-order valence-electron chi connectivity index (χ4n) is 2.02. The molecule has 128 valence electrons. The molecule has 2 aromatic rings. The number of nitrogens with zero attached hydrogens (tertiary/aromatic N) is 2. The van der Waals surface area contributed by atoms with Gasteiger partial charge in [-0.25, -0.2) is 10.4 Å². The number of aryl methyl sites for hydroxylation is 1. The van der Waals surface area contributed by atoms with Gasteiger partial charge in [0.1, 0.15) is 4.88 Å². The van der Waals surface area contributed by atoms with E-state index in [0.29, 0.717) is 33.6 Å². The minimum atomic E-state index is -0.336. The van der Waals surface area contributed by atoms with Crippen molar-refractivity contribution in [1.82, 2.24) is 10.4 Å². The van der Waals surface area contributed by atoms with Crippen LogP contribution in [0.5, 0.6) is 11.5 Å². The maximum atomic E-state index is 12.2. The van der Waals surface area contributed by atoms with Crippen LogP contribution in [0.3, 0.4) is 0 Å². The van der Waals surface area contributed by atoms with Gasteiger partial charge in [-0.2, -0.15) is 5.10 Å². The zero-order chi connectivity index (χ0) is 17.7. The molecule has 24 heavy (non-hydrogen) atoms. The Morgan fingerprint density at radius 2 is 2.21 bits per heavy atom. The Morgan fingerprint density at radius 1 is 1.46 bits per heavy atom. The number of nitrogens with two attached hydrogens (primary N) is 1. The number of amides is 1. The maximum Gasteiger partial charge on any atom is 0.283 e. The van der Waals surface area contributed by atoms with E-state index in [1.54, 1.807) is 26.4 Å². The predicted molar refractivity (Wildman–Crippen MR) is 98.2 cm³/mol. The van der Waals surface area contributed by atoms with Crippen LogP contribution in [0.1, 0.15) is 27.9 Å². The van der Waals surface area contributed by atoms with Gasteiger partial charge in [-0.05, 0) is 40.0 Å². The molecule has 0 radical (unpaired) electrons. The minimum Gasteiger partial charge on any atom is -0.493 e. The molecule has 9 heteroatoms. The second kappa shape index (κ2) is 8.11. The molecule has 0 spiro atoms. The van der Waals surface area contributed by atoms with Crippen molar-refractivity contribution in [3.8, 4) is 11.5 Å². The summed E-state index contributed by atoms with van der Waals surface area (Å²) in [6, 6.07) is 3.56. The first-order valence-corrected chi connectivity index (χ1v) is 8.61. The Hall–Kier alpha value is -2.13. The number of carbonyl (C=O) groups excluding carboxylic acids is 1. The number of carbonyl (C=O) groups is 1. The van der Waals surface area contributed by atoms with Crippen LogP contribution < -0.4 is 20.6 Å². The van der Waals surface area contributed by atoms with Gasteiger partial charge in [0.2, 0.25) is 0 Å². The Bertz CT molecular complexity index is 776. The first-order valence-electron chi connectivity index (χ1n) is 7.00.